The molecule has 29 heavy (non-hydrogen) atoms. The lowest BCUT2D eigenvalue weighted by atomic mass is 9.98. The van der Waals surface area contributed by atoms with Crippen molar-refractivity contribution in [2.24, 2.45) is 5.73 Å². The van der Waals surface area contributed by atoms with Crippen LogP contribution >= 0.6 is 0 Å². The van der Waals surface area contributed by atoms with E-state index in [2.05, 4.69) is 0 Å². The van der Waals surface area contributed by atoms with Crippen LogP contribution in [0.5, 0.6) is 0 Å². The van der Waals surface area contributed by atoms with Crippen molar-refractivity contribution < 1.29 is 27.9 Å². The molecule has 0 heterocycles. The second-order valence-electron chi connectivity index (χ2n) is 6.09. The normalized spacial score (nSPS) is 11.1. The van der Waals surface area contributed by atoms with E-state index < -0.39 is 23.7 Å². The molecule has 8 heteroatoms. The van der Waals surface area contributed by atoms with Crippen LogP contribution in [-0.4, -0.2) is 17.1 Å². The van der Waals surface area contributed by atoms with Crippen molar-refractivity contribution in [1.82, 2.24) is 0 Å². The number of rotatable bonds is 4. The summed E-state index contributed by atoms with van der Waals surface area (Å²) in [4.78, 5) is 24.3. The van der Waals surface area contributed by atoms with E-state index in [1.807, 2.05) is 0 Å². The minimum Gasteiger partial charge on any atom is -0.478 e. The highest BCUT2D eigenvalue weighted by molar-refractivity contribution is 6.05. The predicted molar refractivity (Wildman–Crippen MR) is 102 cm³/mol. The first-order chi connectivity index (χ1) is 13.7. The fraction of sp³-hybridized carbons (Fsp3) is 0.0476. The standard InChI is InChI=1S/C21H15F3N2O3/c22-21(23,24)17-12-14(10-11-15(17)13-6-2-1-3-7-13)26(20(25)29)18-9-5-4-8-16(18)19(27)28/h1-12H,(H2,25,29)(H,27,28). The smallest absolute Gasteiger partial charge is 0.417 e. The molecular formula is C21H15F3N2O3. The van der Waals surface area contributed by atoms with Crippen LogP contribution in [-0.2, 0) is 6.18 Å². The Morgan fingerprint density at radius 1 is 0.897 bits per heavy atom. The maximum absolute atomic E-state index is 13.8. The second-order valence-corrected chi connectivity index (χ2v) is 6.09. The van der Waals surface area contributed by atoms with E-state index in [1.165, 1.54) is 48.5 Å². The van der Waals surface area contributed by atoms with Crippen molar-refractivity contribution in [2.45, 2.75) is 6.18 Å². The minimum atomic E-state index is -4.71. The van der Waals surface area contributed by atoms with Crippen LogP contribution in [0, 0.1) is 0 Å². The van der Waals surface area contributed by atoms with E-state index in [0.29, 0.717) is 5.56 Å². The molecule has 2 amide bonds. The van der Waals surface area contributed by atoms with Crippen LogP contribution in [0.25, 0.3) is 11.1 Å². The summed E-state index contributed by atoms with van der Waals surface area (Å²) < 4.78 is 41.3. The number of hydrogen-bond donors (Lipinski definition) is 2. The van der Waals surface area contributed by atoms with Crippen LogP contribution < -0.4 is 10.6 Å². The zero-order chi connectivity index (χ0) is 21.2. The van der Waals surface area contributed by atoms with E-state index in [9.17, 15) is 27.9 Å². The molecule has 0 radical (unpaired) electrons. The quantitative estimate of drug-likeness (QED) is 0.624. The lowest BCUT2D eigenvalue weighted by Gasteiger charge is -2.24. The Hall–Kier alpha value is -3.81. The number of carboxylic acid groups (broad SMARTS) is 1. The van der Waals surface area contributed by atoms with Gasteiger partial charge < -0.3 is 10.8 Å². The fourth-order valence-electron chi connectivity index (χ4n) is 3.01. The van der Waals surface area contributed by atoms with Crippen LogP contribution in [0.15, 0.2) is 72.8 Å². The van der Waals surface area contributed by atoms with Crippen LogP contribution in [0.1, 0.15) is 15.9 Å². The Labute approximate surface area is 163 Å². The lowest BCUT2D eigenvalue weighted by molar-refractivity contribution is -0.137. The first-order valence-corrected chi connectivity index (χ1v) is 8.38. The highest BCUT2D eigenvalue weighted by Crippen LogP contribution is 2.40. The number of amides is 2. The summed E-state index contributed by atoms with van der Waals surface area (Å²) in [5.74, 6) is -1.34. The van der Waals surface area contributed by atoms with Crippen molar-refractivity contribution in [2.75, 3.05) is 4.90 Å². The van der Waals surface area contributed by atoms with Gasteiger partial charge in [0, 0.05) is 0 Å². The van der Waals surface area contributed by atoms with Gasteiger partial charge in [-0.25, -0.2) is 9.59 Å². The van der Waals surface area contributed by atoms with E-state index in [0.717, 1.165) is 11.0 Å². The molecule has 148 valence electrons. The van der Waals surface area contributed by atoms with E-state index >= 15 is 0 Å². The van der Waals surface area contributed by atoms with Crippen LogP contribution in [0.3, 0.4) is 0 Å². The number of para-hydroxylation sites is 1. The van der Waals surface area contributed by atoms with E-state index in [-0.39, 0.29) is 22.5 Å². The molecule has 0 atom stereocenters. The maximum atomic E-state index is 13.8. The number of alkyl halides is 3. The fourth-order valence-corrected chi connectivity index (χ4v) is 3.01. The summed E-state index contributed by atoms with van der Waals surface area (Å²) >= 11 is 0. The maximum Gasteiger partial charge on any atom is 0.417 e. The summed E-state index contributed by atoms with van der Waals surface area (Å²) in [5, 5.41) is 9.36. The third-order valence-electron chi connectivity index (χ3n) is 4.25. The number of hydrogen-bond acceptors (Lipinski definition) is 2. The summed E-state index contributed by atoms with van der Waals surface area (Å²) in [5.41, 5.74) is 4.10. The number of carbonyl (C=O) groups is 2. The number of carboxylic acids is 1. The molecule has 0 aliphatic rings. The monoisotopic (exact) mass is 400 g/mol. The third-order valence-corrected chi connectivity index (χ3v) is 4.25. The number of urea groups is 1. The summed E-state index contributed by atoms with van der Waals surface area (Å²) in [6, 6.07) is 15.6. The zero-order valence-electron chi connectivity index (χ0n) is 14.9. The lowest BCUT2D eigenvalue weighted by Crippen LogP contribution is -2.32. The molecule has 0 saturated carbocycles. The average molecular weight is 400 g/mol. The number of nitrogens with two attached hydrogens (primary N) is 1. The van der Waals surface area contributed by atoms with E-state index in [1.54, 1.807) is 18.2 Å². The second kappa shape index (κ2) is 7.67. The number of benzene rings is 3. The Morgan fingerprint density at radius 2 is 1.52 bits per heavy atom. The highest BCUT2D eigenvalue weighted by Gasteiger charge is 2.35. The van der Waals surface area contributed by atoms with Crippen LogP contribution in [0.4, 0.5) is 29.3 Å². The third kappa shape index (κ3) is 4.06. The SMILES string of the molecule is NC(=O)N(c1ccc(-c2ccccc2)c(C(F)(F)F)c1)c1ccccc1C(=O)O. The number of carbonyl (C=O) groups excluding carboxylic acids is 1. The van der Waals surface area contributed by atoms with Gasteiger partial charge >= 0.3 is 18.2 Å². The van der Waals surface area contributed by atoms with E-state index in [4.69, 9.17) is 5.73 Å². The molecule has 3 aromatic carbocycles. The molecule has 0 fully saturated rings. The summed E-state index contributed by atoms with van der Waals surface area (Å²) in [7, 11) is 0. The topological polar surface area (TPSA) is 83.6 Å². The molecule has 5 nitrogen and oxygen atoms in total. The Balaban J connectivity index is 2.22. The molecule has 0 saturated heterocycles. The summed E-state index contributed by atoms with van der Waals surface area (Å²) in [6.45, 7) is 0. The van der Waals surface area contributed by atoms with Gasteiger partial charge in [-0.15, -0.1) is 0 Å². The molecular weight excluding hydrogens is 385 g/mol. The molecule has 3 rings (SSSR count). The average Bonchev–Trinajstić information content (AvgIpc) is 2.68. The number of halogens is 3. The van der Waals surface area contributed by atoms with Crippen LogP contribution in [0.2, 0.25) is 0 Å². The Kier molecular flexibility index (Phi) is 5.27. The van der Waals surface area contributed by atoms with Crippen molar-refractivity contribution in [3.05, 3.63) is 83.9 Å². The molecule has 0 bridgehead atoms. The Morgan fingerprint density at radius 3 is 2.10 bits per heavy atom. The number of nitrogens with zero attached hydrogens (tertiary/aromatic N) is 1. The first kappa shape index (κ1) is 19.9. The molecule has 0 unspecified atom stereocenters. The first-order valence-electron chi connectivity index (χ1n) is 8.38. The van der Waals surface area contributed by atoms with Gasteiger partial charge in [-0.05, 0) is 35.4 Å². The largest absolute Gasteiger partial charge is 0.478 e. The van der Waals surface area contributed by atoms with Gasteiger partial charge in [-0.3, -0.25) is 4.90 Å². The van der Waals surface area contributed by atoms with Crippen molar-refractivity contribution in [3.8, 4) is 11.1 Å². The van der Waals surface area contributed by atoms with Crippen molar-refractivity contribution >= 4 is 23.4 Å². The van der Waals surface area contributed by atoms with Gasteiger partial charge in [0.15, 0.2) is 0 Å². The minimum absolute atomic E-state index is 0.0715. The molecule has 0 aliphatic carbocycles. The van der Waals surface area contributed by atoms with Gasteiger partial charge in [-0.2, -0.15) is 13.2 Å². The van der Waals surface area contributed by atoms with Crippen molar-refractivity contribution in [1.29, 1.82) is 0 Å². The zero-order valence-corrected chi connectivity index (χ0v) is 14.9. The van der Waals surface area contributed by atoms with Gasteiger partial charge in [0.1, 0.15) is 0 Å². The summed E-state index contributed by atoms with van der Waals surface area (Å²) in [6.07, 6.45) is -4.71. The molecule has 0 spiro atoms. The Bertz CT molecular complexity index is 1070. The molecule has 0 aliphatic heterocycles. The number of anilines is 2. The molecule has 3 aromatic rings. The van der Waals surface area contributed by atoms with Gasteiger partial charge in [-0.1, -0.05) is 48.5 Å². The number of aromatic carboxylic acids is 1. The van der Waals surface area contributed by atoms with Crippen molar-refractivity contribution in [3.63, 3.8) is 0 Å². The molecule has 0 aromatic heterocycles. The predicted octanol–water partition coefficient (Wildman–Crippen LogP) is 5.29. The van der Waals surface area contributed by atoms with Gasteiger partial charge in [0.25, 0.3) is 0 Å². The highest BCUT2D eigenvalue weighted by atomic mass is 19.4. The molecule has 3 N–H and O–H groups in total. The van der Waals surface area contributed by atoms with Gasteiger partial charge in [0.2, 0.25) is 0 Å². The number of primary amides is 1. The van der Waals surface area contributed by atoms with Gasteiger partial charge in [0.05, 0.1) is 22.5 Å².